The van der Waals surface area contributed by atoms with Gasteiger partial charge >= 0.3 is 17.9 Å². The lowest BCUT2D eigenvalue weighted by atomic mass is 9.84. The van der Waals surface area contributed by atoms with Crippen LogP contribution < -0.4 is 5.32 Å². The fourth-order valence-electron chi connectivity index (χ4n) is 2.83. The van der Waals surface area contributed by atoms with Crippen LogP contribution in [0, 0.1) is 17.8 Å². The van der Waals surface area contributed by atoms with Gasteiger partial charge in [0.25, 0.3) is 0 Å². The number of hydrogen-bond donors (Lipinski definition) is 1. The Bertz CT molecular complexity index is 408. The van der Waals surface area contributed by atoms with Crippen LogP contribution in [0.1, 0.15) is 20.3 Å². The number of rotatable bonds is 5. The Labute approximate surface area is 124 Å². The van der Waals surface area contributed by atoms with Gasteiger partial charge in [-0.15, -0.1) is 0 Å². The molecule has 21 heavy (non-hydrogen) atoms. The highest BCUT2D eigenvalue weighted by Crippen LogP contribution is 2.33. The molecule has 4 atom stereocenters. The van der Waals surface area contributed by atoms with Gasteiger partial charge in [-0.25, -0.2) is 0 Å². The number of carbonyl (C=O) groups is 3. The number of esters is 3. The van der Waals surface area contributed by atoms with Crippen molar-refractivity contribution in [2.75, 3.05) is 21.3 Å². The normalized spacial score (nSPS) is 28.3. The molecule has 1 unspecified atom stereocenters. The summed E-state index contributed by atoms with van der Waals surface area (Å²) in [4.78, 5) is 36.0. The molecule has 1 aliphatic heterocycles. The van der Waals surface area contributed by atoms with Crippen LogP contribution in [0.25, 0.3) is 0 Å². The molecule has 120 valence electrons. The highest BCUT2D eigenvalue weighted by molar-refractivity contribution is 5.90. The topological polar surface area (TPSA) is 90.9 Å². The largest absolute Gasteiger partial charge is 0.469 e. The molecule has 1 aliphatic rings. The van der Waals surface area contributed by atoms with E-state index in [1.54, 1.807) is 0 Å². The Morgan fingerprint density at radius 3 is 1.81 bits per heavy atom. The summed E-state index contributed by atoms with van der Waals surface area (Å²) in [5, 5.41) is 3.03. The third kappa shape index (κ3) is 3.72. The monoisotopic (exact) mass is 301 g/mol. The lowest BCUT2D eigenvalue weighted by Crippen LogP contribution is -2.42. The molecule has 0 bridgehead atoms. The van der Waals surface area contributed by atoms with Gasteiger partial charge in [0.15, 0.2) is 0 Å². The Balaban J connectivity index is 3.15. The highest BCUT2D eigenvalue weighted by atomic mass is 16.5. The number of carbonyl (C=O) groups excluding carboxylic acids is 3. The summed E-state index contributed by atoms with van der Waals surface area (Å²) in [6.07, 6.45) is 0.626. The average Bonchev–Trinajstić information content (AvgIpc) is 2.83. The maximum absolute atomic E-state index is 12.1. The van der Waals surface area contributed by atoms with Gasteiger partial charge in [0.1, 0.15) is 6.04 Å². The summed E-state index contributed by atoms with van der Waals surface area (Å²) in [6, 6.07) is -1.25. The van der Waals surface area contributed by atoms with E-state index in [1.807, 2.05) is 13.8 Å². The first-order valence-corrected chi connectivity index (χ1v) is 6.86. The second-order valence-electron chi connectivity index (χ2n) is 5.50. The summed E-state index contributed by atoms with van der Waals surface area (Å²) in [7, 11) is 3.72. The van der Waals surface area contributed by atoms with Crippen LogP contribution in [0.4, 0.5) is 0 Å². The van der Waals surface area contributed by atoms with Crippen molar-refractivity contribution in [1.29, 1.82) is 0 Å². The molecule has 1 rings (SSSR count). The zero-order chi connectivity index (χ0) is 16.2. The number of hydrogen-bond acceptors (Lipinski definition) is 7. The van der Waals surface area contributed by atoms with Gasteiger partial charge in [-0.3, -0.25) is 19.7 Å². The molecule has 1 fully saturated rings. The van der Waals surface area contributed by atoms with Crippen molar-refractivity contribution in [2.24, 2.45) is 17.8 Å². The van der Waals surface area contributed by atoms with Crippen molar-refractivity contribution >= 4 is 17.9 Å². The van der Waals surface area contributed by atoms with Gasteiger partial charge < -0.3 is 14.2 Å². The SMILES string of the molecule is COC(=O)[C@H]1[C@@H](C(=O)OC)NC(CC(C)C)[C@H]1C(=O)OC. The minimum atomic E-state index is -0.946. The van der Waals surface area contributed by atoms with E-state index in [0.29, 0.717) is 6.42 Å². The summed E-state index contributed by atoms with van der Waals surface area (Å²) < 4.78 is 14.2. The molecule has 0 aromatic rings. The quantitative estimate of drug-likeness (QED) is 0.570. The molecule has 0 amide bonds. The number of nitrogens with one attached hydrogen (secondary N) is 1. The standard InChI is InChI=1S/C14H23NO6/c1-7(2)6-8-9(12(16)19-3)10(13(17)20-4)11(15-8)14(18)21-5/h7-11,15H,6H2,1-5H3/t8?,9-,10-,11+/m1/s1. The molecule has 0 radical (unpaired) electrons. The van der Waals surface area contributed by atoms with Gasteiger partial charge in [-0.1, -0.05) is 13.8 Å². The van der Waals surface area contributed by atoms with E-state index in [4.69, 9.17) is 14.2 Å². The molecule has 0 aromatic heterocycles. The first kappa shape index (κ1) is 17.4. The van der Waals surface area contributed by atoms with Crippen LogP contribution in [0.15, 0.2) is 0 Å². The van der Waals surface area contributed by atoms with Crippen LogP contribution in [0.2, 0.25) is 0 Å². The van der Waals surface area contributed by atoms with Crippen molar-refractivity contribution < 1.29 is 28.6 Å². The fraction of sp³-hybridized carbons (Fsp3) is 0.786. The van der Waals surface area contributed by atoms with Gasteiger partial charge in [-0.05, 0) is 12.3 Å². The smallest absolute Gasteiger partial charge is 0.323 e. The molecule has 0 aliphatic carbocycles. The van der Waals surface area contributed by atoms with E-state index in [1.165, 1.54) is 21.3 Å². The summed E-state index contributed by atoms with van der Waals surface area (Å²) in [5.41, 5.74) is 0. The maximum Gasteiger partial charge on any atom is 0.323 e. The molecular formula is C14H23NO6. The predicted octanol–water partition coefficient (Wildman–Crippen LogP) is 0.124. The summed E-state index contributed by atoms with van der Waals surface area (Å²) >= 11 is 0. The molecule has 7 nitrogen and oxygen atoms in total. The molecule has 0 saturated carbocycles. The third-order valence-corrected chi connectivity index (χ3v) is 3.70. The molecule has 1 heterocycles. The fourth-order valence-corrected chi connectivity index (χ4v) is 2.83. The lowest BCUT2D eigenvalue weighted by molar-refractivity contribution is -0.159. The van der Waals surface area contributed by atoms with Crippen LogP contribution in [-0.4, -0.2) is 51.3 Å². The van der Waals surface area contributed by atoms with Crippen molar-refractivity contribution in [3.05, 3.63) is 0 Å². The first-order chi connectivity index (χ1) is 9.87. The Kier molecular flexibility index (Phi) is 6.14. The highest BCUT2D eigenvalue weighted by Gasteiger charge is 2.54. The minimum absolute atomic E-state index is 0.282. The van der Waals surface area contributed by atoms with E-state index < -0.39 is 35.8 Å². The maximum atomic E-state index is 12.1. The number of methoxy groups -OCH3 is 3. The molecular weight excluding hydrogens is 278 g/mol. The van der Waals surface area contributed by atoms with Crippen LogP contribution in [0.5, 0.6) is 0 Å². The minimum Gasteiger partial charge on any atom is -0.469 e. The van der Waals surface area contributed by atoms with Gasteiger partial charge in [0.05, 0.1) is 33.2 Å². The van der Waals surface area contributed by atoms with Crippen LogP contribution in [-0.2, 0) is 28.6 Å². The zero-order valence-electron chi connectivity index (χ0n) is 13.0. The van der Waals surface area contributed by atoms with Crippen molar-refractivity contribution in [3.8, 4) is 0 Å². The lowest BCUT2D eigenvalue weighted by Gasteiger charge is -2.21. The average molecular weight is 301 g/mol. The van der Waals surface area contributed by atoms with E-state index >= 15 is 0 Å². The van der Waals surface area contributed by atoms with Crippen molar-refractivity contribution in [1.82, 2.24) is 5.32 Å². The summed E-state index contributed by atoms with van der Waals surface area (Å²) in [6.45, 7) is 3.99. The zero-order valence-corrected chi connectivity index (χ0v) is 13.0. The van der Waals surface area contributed by atoms with Gasteiger partial charge in [-0.2, -0.15) is 0 Å². The van der Waals surface area contributed by atoms with E-state index in [0.717, 1.165) is 0 Å². The summed E-state index contributed by atoms with van der Waals surface area (Å²) in [5.74, 6) is -3.18. The third-order valence-electron chi connectivity index (χ3n) is 3.70. The van der Waals surface area contributed by atoms with Crippen LogP contribution in [0.3, 0.4) is 0 Å². The van der Waals surface area contributed by atoms with E-state index in [2.05, 4.69) is 5.32 Å². The Hall–Kier alpha value is -1.63. The van der Waals surface area contributed by atoms with E-state index in [-0.39, 0.29) is 12.0 Å². The Morgan fingerprint density at radius 1 is 0.905 bits per heavy atom. The van der Waals surface area contributed by atoms with Crippen molar-refractivity contribution in [2.45, 2.75) is 32.4 Å². The molecule has 1 N–H and O–H groups in total. The Morgan fingerprint density at radius 2 is 1.38 bits per heavy atom. The number of ether oxygens (including phenoxy) is 3. The molecule has 1 saturated heterocycles. The first-order valence-electron chi connectivity index (χ1n) is 6.86. The van der Waals surface area contributed by atoms with E-state index in [9.17, 15) is 14.4 Å². The van der Waals surface area contributed by atoms with Gasteiger partial charge in [0, 0.05) is 6.04 Å². The second-order valence-corrected chi connectivity index (χ2v) is 5.50. The van der Waals surface area contributed by atoms with Crippen molar-refractivity contribution in [3.63, 3.8) is 0 Å². The molecule has 7 heteroatoms. The molecule has 0 aromatic carbocycles. The van der Waals surface area contributed by atoms with Crippen LogP contribution >= 0.6 is 0 Å². The van der Waals surface area contributed by atoms with Gasteiger partial charge in [0.2, 0.25) is 0 Å². The second kappa shape index (κ2) is 7.40. The predicted molar refractivity (Wildman–Crippen MR) is 73.2 cm³/mol. The molecule has 0 spiro atoms.